The second-order valence-corrected chi connectivity index (χ2v) is 5.94. The van der Waals surface area contributed by atoms with Crippen LogP contribution < -0.4 is 10.6 Å². The van der Waals surface area contributed by atoms with E-state index in [9.17, 15) is 14.9 Å². The predicted molar refractivity (Wildman–Crippen MR) is 102 cm³/mol. The molecule has 0 radical (unpaired) electrons. The van der Waals surface area contributed by atoms with Gasteiger partial charge in [-0.3, -0.25) is 19.6 Å². The van der Waals surface area contributed by atoms with Crippen LogP contribution in [0.3, 0.4) is 0 Å². The summed E-state index contributed by atoms with van der Waals surface area (Å²) >= 11 is 0. The zero-order chi connectivity index (χ0) is 19.2. The van der Waals surface area contributed by atoms with Crippen molar-refractivity contribution in [3.05, 3.63) is 87.7 Å². The number of carbonyl (C=O) groups is 1. The lowest BCUT2D eigenvalue weighted by Crippen LogP contribution is -2.23. The fourth-order valence-electron chi connectivity index (χ4n) is 2.66. The molecule has 0 aliphatic carbocycles. The standard InChI is InChI=1S/C19H19N5O3/c1-20-17-8-7-16(11-18(17)24(26)27)19(25)21-12-14-3-5-15(6-4-14)13-23-10-2-9-22-23/h2-11,20H,12-13H2,1H3,(H,21,25). The van der Waals surface area contributed by atoms with Gasteiger partial charge in [0.1, 0.15) is 5.69 Å². The molecule has 0 saturated heterocycles. The molecule has 3 rings (SSSR count). The van der Waals surface area contributed by atoms with Crippen molar-refractivity contribution in [2.45, 2.75) is 13.1 Å². The molecule has 0 aliphatic rings. The summed E-state index contributed by atoms with van der Waals surface area (Å²) in [5.74, 6) is -0.360. The van der Waals surface area contributed by atoms with Gasteiger partial charge in [-0.15, -0.1) is 0 Å². The number of aromatic nitrogens is 2. The Hall–Kier alpha value is -3.68. The minimum Gasteiger partial charge on any atom is -0.383 e. The first-order valence-corrected chi connectivity index (χ1v) is 8.36. The van der Waals surface area contributed by atoms with Crippen molar-refractivity contribution in [3.63, 3.8) is 0 Å². The van der Waals surface area contributed by atoms with Crippen molar-refractivity contribution in [3.8, 4) is 0 Å². The zero-order valence-electron chi connectivity index (χ0n) is 14.8. The van der Waals surface area contributed by atoms with Gasteiger partial charge in [-0.1, -0.05) is 24.3 Å². The van der Waals surface area contributed by atoms with Crippen LogP contribution in [0.1, 0.15) is 21.5 Å². The van der Waals surface area contributed by atoms with Crippen LogP contribution in [0, 0.1) is 10.1 Å². The lowest BCUT2D eigenvalue weighted by Gasteiger charge is -2.08. The Balaban J connectivity index is 1.62. The minimum absolute atomic E-state index is 0.131. The molecule has 1 aromatic heterocycles. The number of hydrogen-bond acceptors (Lipinski definition) is 5. The largest absolute Gasteiger partial charge is 0.383 e. The Morgan fingerprint density at radius 1 is 1.19 bits per heavy atom. The van der Waals surface area contributed by atoms with E-state index in [4.69, 9.17) is 0 Å². The highest BCUT2D eigenvalue weighted by Gasteiger charge is 2.16. The van der Waals surface area contributed by atoms with Crippen molar-refractivity contribution in [1.29, 1.82) is 0 Å². The summed E-state index contributed by atoms with van der Waals surface area (Å²) in [6, 6.07) is 14.1. The van der Waals surface area contributed by atoms with Gasteiger partial charge >= 0.3 is 0 Å². The van der Waals surface area contributed by atoms with Crippen molar-refractivity contribution in [1.82, 2.24) is 15.1 Å². The topological polar surface area (TPSA) is 102 Å². The summed E-state index contributed by atoms with van der Waals surface area (Å²) in [4.78, 5) is 22.9. The molecule has 8 heteroatoms. The summed E-state index contributed by atoms with van der Waals surface area (Å²) < 4.78 is 1.83. The van der Waals surface area contributed by atoms with Gasteiger partial charge in [-0.25, -0.2) is 0 Å². The summed E-state index contributed by atoms with van der Waals surface area (Å²) in [6.07, 6.45) is 3.63. The van der Waals surface area contributed by atoms with Crippen LogP contribution in [0.2, 0.25) is 0 Å². The molecule has 2 aromatic carbocycles. The second-order valence-electron chi connectivity index (χ2n) is 5.94. The smallest absolute Gasteiger partial charge is 0.293 e. The Morgan fingerprint density at radius 3 is 2.56 bits per heavy atom. The van der Waals surface area contributed by atoms with Crippen LogP contribution in [0.5, 0.6) is 0 Å². The van der Waals surface area contributed by atoms with E-state index in [0.29, 0.717) is 18.8 Å². The molecule has 3 aromatic rings. The highest BCUT2D eigenvalue weighted by Crippen LogP contribution is 2.25. The van der Waals surface area contributed by atoms with E-state index in [1.165, 1.54) is 12.1 Å². The summed E-state index contributed by atoms with van der Waals surface area (Å²) in [7, 11) is 1.60. The van der Waals surface area contributed by atoms with Gasteiger partial charge in [0.2, 0.25) is 0 Å². The predicted octanol–water partition coefficient (Wildman–Crippen LogP) is 2.81. The normalized spacial score (nSPS) is 10.4. The minimum atomic E-state index is -0.513. The maximum Gasteiger partial charge on any atom is 0.293 e. The fourth-order valence-corrected chi connectivity index (χ4v) is 2.66. The van der Waals surface area contributed by atoms with Gasteiger partial charge in [0, 0.05) is 37.6 Å². The molecule has 0 bridgehead atoms. The Kier molecular flexibility index (Phi) is 5.46. The third-order valence-electron chi connectivity index (χ3n) is 4.11. The molecule has 0 spiro atoms. The summed E-state index contributed by atoms with van der Waals surface area (Å²) in [5.41, 5.74) is 2.52. The van der Waals surface area contributed by atoms with Gasteiger partial charge in [-0.05, 0) is 29.3 Å². The van der Waals surface area contributed by atoms with Crippen LogP contribution >= 0.6 is 0 Å². The number of nitrogens with zero attached hydrogens (tertiary/aromatic N) is 3. The first-order valence-electron chi connectivity index (χ1n) is 8.36. The first-order chi connectivity index (χ1) is 13.1. The Labute approximate surface area is 156 Å². The number of amides is 1. The van der Waals surface area contributed by atoms with Crippen LogP contribution in [-0.4, -0.2) is 27.7 Å². The van der Waals surface area contributed by atoms with E-state index >= 15 is 0 Å². The summed E-state index contributed by atoms with van der Waals surface area (Å²) in [5, 5.41) is 20.8. The first kappa shape index (κ1) is 18.1. The molecule has 0 aliphatic heterocycles. The third-order valence-corrected chi connectivity index (χ3v) is 4.11. The molecular weight excluding hydrogens is 346 g/mol. The third kappa shape index (κ3) is 4.49. The van der Waals surface area contributed by atoms with Gasteiger partial charge in [-0.2, -0.15) is 5.10 Å². The quantitative estimate of drug-likeness (QED) is 0.495. The Morgan fingerprint density at radius 2 is 1.93 bits per heavy atom. The lowest BCUT2D eigenvalue weighted by molar-refractivity contribution is -0.384. The van der Waals surface area contributed by atoms with Crippen molar-refractivity contribution < 1.29 is 9.72 Å². The van der Waals surface area contributed by atoms with Crippen molar-refractivity contribution in [2.75, 3.05) is 12.4 Å². The van der Waals surface area contributed by atoms with Gasteiger partial charge in [0.15, 0.2) is 0 Å². The van der Waals surface area contributed by atoms with E-state index in [2.05, 4.69) is 15.7 Å². The van der Waals surface area contributed by atoms with E-state index in [1.807, 2.05) is 41.2 Å². The zero-order valence-corrected chi connectivity index (χ0v) is 14.8. The highest BCUT2D eigenvalue weighted by atomic mass is 16.6. The molecule has 2 N–H and O–H groups in total. The number of nitro groups is 1. The SMILES string of the molecule is CNc1ccc(C(=O)NCc2ccc(Cn3cccn3)cc2)cc1[N+](=O)[O-]. The van der Waals surface area contributed by atoms with Crippen LogP contribution in [0.15, 0.2) is 60.9 Å². The monoisotopic (exact) mass is 365 g/mol. The Bertz CT molecular complexity index is 936. The number of hydrogen-bond donors (Lipinski definition) is 2. The number of anilines is 1. The molecule has 1 heterocycles. The van der Waals surface area contributed by atoms with Crippen LogP contribution in [-0.2, 0) is 13.1 Å². The average Bonchev–Trinajstić information content (AvgIpc) is 3.19. The molecule has 0 fully saturated rings. The molecule has 0 saturated carbocycles. The number of rotatable bonds is 7. The van der Waals surface area contributed by atoms with Gasteiger partial charge < -0.3 is 10.6 Å². The van der Waals surface area contributed by atoms with Crippen LogP contribution in [0.4, 0.5) is 11.4 Å². The fraction of sp³-hybridized carbons (Fsp3) is 0.158. The second kappa shape index (κ2) is 8.13. The molecular formula is C19H19N5O3. The van der Waals surface area contributed by atoms with Crippen molar-refractivity contribution in [2.24, 2.45) is 0 Å². The van der Waals surface area contributed by atoms with Crippen LogP contribution in [0.25, 0.3) is 0 Å². The molecule has 8 nitrogen and oxygen atoms in total. The average molecular weight is 365 g/mol. The van der Waals surface area contributed by atoms with Gasteiger partial charge in [0.05, 0.1) is 11.5 Å². The molecule has 1 amide bonds. The number of carbonyl (C=O) groups excluding carboxylic acids is 1. The molecule has 27 heavy (non-hydrogen) atoms. The lowest BCUT2D eigenvalue weighted by atomic mass is 10.1. The number of nitro benzene ring substituents is 1. The van der Waals surface area contributed by atoms with E-state index in [1.54, 1.807) is 19.3 Å². The molecule has 0 atom stereocenters. The highest BCUT2D eigenvalue weighted by molar-refractivity contribution is 5.95. The van der Waals surface area contributed by atoms with Crippen molar-refractivity contribution >= 4 is 17.3 Å². The molecule has 0 unspecified atom stereocenters. The summed E-state index contributed by atoms with van der Waals surface area (Å²) in [6.45, 7) is 1.02. The number of nitrogens with one attached hydrogen (secondary N) is 2. The maximum atomic E-state index is 12.3. The number of benzene rings is 2. The maximum absolute atomic E-state index is 12.3. The van der Waals surface area contributed by atoms with E-state index in [-0.39, 0.29) is 17.2 Å². The van der Waals surface area contributed by atoms with E-state index < -0.39 is 4.92 Å². The molecule has 138 valence electrons. The van der Waals surface area contributed by atoms with Gasteiger partial charge in [0.25, 0.3) is 11.6 Å². The van der Waals surface area contributed by atoms with E-state index in [0.717, 1.165) is 11.1 Å².